The molecular weight excluding hydrogens is 392 g/mol. The number of nitrogens with zero attached hydrogens (tertiary/aromatic N) is 1. The van der Waals surface area contributed by atoms with Gasteiger partial charge < -0.3 is 4.74 Å². The lowest BCUT2D eigenvalue weighted by atomic mass is 9.99. The summed E-state index contributed by atoms with van der Waals surface area (Å²) >= 11 is 0. The minimum absolute atomic E-state index is 0.153. The van der Waals surface area contributed by atoms with E-state index >= 15 is 0 Å². The number of anilines is 1. The van der Waals surface area contributed by atoms with Crippen molar-refractivity contribution in [1.82, 2.24) is 5.32 Å². The van der Waals surface area contributed by atoms with Crippen molar-refractivity contribution in [2.45, 2.75) is 6.92 Å². The lowest BCUT2D eigenvalue weighted by molar-refractivity contribution is -0.122. The van der Waals surface area contributed by atoms with Gasteiger partial charge in [0.25, 0.3) is 11.8 Å². The number of hydrogen-bond acceptors (Lipinski definition) is 4. The summed E-state index contributed by atoms with van der Waals surface area (Å²) in [6.45, 7) is 5.83. The molecule has 4 rings (SSSR count). The van der Waals surface area contributed by atoms with Gasteiger partial charge in [0, 0.05) is 5.56 Å². The van der Waals surface area contributed by atoms with E-state index in [0.29, 0.717) is 17.0 Å². The van der Waals surface area contributed by atoms with Crippen LogP contribution in [0.3, 0.4) is 0 Å². The number of aryl methyl sites for hydroxylation is 1. The van der Waals surface area contributed by atoms with Gasteiger partial charge in [-0.1, -0.05) is 60.7 Å². The van der Waals surface area contributed by atoms with Crippen LogP contribution in [0, 0.1) is 6.92 Å². The topological polar surface area (TPSA) is 75.7 Å². The Morgan fingerprint density at radius 3 is 2.48 bits per heavy atom. The maximum Gasteiger partial charge on any atom is 0.335 e. The molecule has 1 aliphatic rings. The first-order chi connectivity index (χ1) is 15.0. The molecule has 1 N–H and O–H groups in total. The van der Waals surface area contributed by atoms with Crippen LogP contribution in [0.15, 0.2) is 78.9 Å². The third kappa shape index (κ3) is 3.83. The molecule has 0 bridgehead atoms. The van der Waals surface area contributed by atoms with Crippen molar-refractivity contribution in [3.63, 3.8) is 0 Å². The Labute approximate surface area is 179 Å². The van der Waals surface area contributed by atoms with Gasteiger partial charge in [0.1, 0.15) is 17.9 Å². The number of fused-ring (bicyclic) bond motifs is 1. The Bertz CT molecular complexity index is 1240. The minimum atomic E-state index is -0.781. The third-order valence-electron chi connectivity index (χ3n) is 4.97. The fourth-order valence-electron chi connectivity index (χ4n) is 3.43. The van der Waals surface area contributed by atoms with Crippen LogP contribution >= 0.6 is 0 Å². The molecule has 0 radical (unpaired) electrons. The molecule has 31 heavy (non-hydrogen) atoms. The SMILES string of the molecule is C=CCOc1ccc2ccccc2c1/C=C1\C(=O)NC(=O)N(c2ccc(C)cc2)C1=O. The van der Waals surface area contributed by atoms with E-state index in [-0.39, 0.29) is 12.2 Å². The Morgan fingerprint density at radius 2 is 1.74 bits per heavy atom. The first-order valence-electron chi connectivity index (χ1n) is 9.73. The lowest BCUT2D eigenvalue weighted by Crippen LogP contribution is -2.54. The quantitative estimate of drug-likeness (QED) is 0.383. The van der Waals surface area contributed by atoms with Crippen LogP contribution in [-0.4, -0.2) is 24.5 Å². The monoisotopic (exact) mass is 412 g/mol. The number of carbonyl (C=O) groups is 3. The number of imide groups is 2. The molecule has 1 aliphatic heterocycles. The molecule has 0 atom stereocenters. The fourth-order valence-corrected chi connectivity index (χ4v) is 3.43. The van der Waals surface area contributed by atoms with E-state index < -0.39 is 17.8 Å². The summed E-state index contributed by atoms with van der Waals surface area (Å²) < 4.78 is 5.77. The Morgan fingerprint density at radius 1 is 1.00 bits per heavy atom. The van der Waals surface area contributed by atoms with Gasteiger partial charge in [0.15, 0.2) is 0 Å². The molecule has 1 fully saturated rings. The maximum absolute atomic E-state index is 13.2. The van der Waals surface area contributed by atoms with Crippen molar-refractivity contribution in [2.75, 3.05) is 11.5 Å². The van der Waals surface area contributed by atoms with E-state index in [1.807, 2.05) is 37.3 Å². The zero-order valence-corrected chi connectivity index (χ0v) is 16.9. The molecule has 0 aliphatic carbocycles. The molecule has 3 aromatic rings. The standard InChI is InChI=1S/C25H20N2O4/c1-3-14-31-22-13-10-17-6-4-5-7-19(17)20(22)15-21-23(28)26-25(30)27(24(21)29)18-11-8-16(2)9-12-18/h3-13,15H,1,14H2,2H3,(H,26,28,30)/b21-15+. The van der Waals surface area contributed by atoms with Gasteiger partial charge in [-0.2, -0.15) is 0 Å². The van der Waals surface area contributed by atoms with Crippen LogP contribution in [0.5, 0.6) is 5.75 Å². The summed E-state index contributed by atoms with van der Waals surface area (Å²) in [5.41, 5.74) is 1.80. The highest BCUT2D eigenvalue weighted by Gasteiger charge is 2.37. The molecule has 6 nitrogen and oxygen atoms in total. The summed E-state index contributed by atoms with van der Waals surface area (Å²) in [5, 5.41) is 4.00. The zero-order chi connectivity index (χ0) is 22.0. The highest BCUT2D eigenvalue weighted by molar-refractivity contribution is 6.39. The van der Waals surface area contributed by atoms with Gasteiger partial charge in [-0.05, 0) is 42.0 Å². The third-order valence-corrected chi connectivity index (χ3v) is 4.97. The predicted octanol–water partition coefficient (Wildman–Crippen LogP) is 4.38. The number of barbiturate groups is 1. The molecular formula is C25H20N2O4. The van der Waals surface area contributed by atoms with Crippen LogP contribution in [0.4, 0.5) is 10.5 Å². The van der Waals surface area contributed by atoms with E-state index in [1.54, 1.807) is 36.4 Å². The van der Waals surface area contributed by atoms with Gasteiger partial charge in [-0.3, -0.25) is 14.9 Å². The number of urea groups is 1. The molecule has 6 heteroatoms. The zero-order valence-electron chi connectivity index (χ0n) is 16.9. The average Bonchev–Trinajstić information content (AvgIpc) is 2.76. The maximum atomic E-state index is 13.2. The lowest BCUT2D eigenvalue weighted by Gasteiger charge is -2.26. The van der Waals surface area contributed by atoms with E-state index in [1.165, 1.54) is 6.08 Å². The Hall–Kier alpha value is -4.19. The molecule has 0 spiro atoms. The summed E-state index contributed by atoms with van der Waals surface area (Å²) in [6.07, 6.45) is 3.09. The number of rotatable bonds is 5. The van der Waals surface area contributed by atoms with Crippen molar-refractivity contribution in [2.24, 2.45) is 0 Å². The number of carbonyl (C=O) groups excluding carboxylic acids is 3. The van der Waals surface area contributed by atoms with Gasteiger partial charge in [0.05, 0.1) is 5.69 Å². The van der Waals surface area contributed by atoms with Crippen molar-refractivity contribution in [1.29, 1.82) is 0 Å². The summed E-state index contributed by atoms with van der Waals surface area (Å²) in [4.78, 5) is 39.2. The number of ether oxygens (including phenoxy) is 1. The number of hydrogen-bond donors (Lipinski definition) is 1. The largest absolute Gasteiger partial charge is 0.489 e. The van der Waals surface area contributed by atoms with Crippen LogP contribution < -0.4 is 15.0 Å². The van der Waals surface area contributed by atoms with Crippen molar-refractivity contribution in [3.8, 4) is 5.75 Å². The van der Waals surface area contributed by atoms with E-state index in [2.05, 4.69) is 11.9 Å². The summed E-state index contributed by atoms with van der Waals surface area (Å²) in [6, 6.07) is 17.4. The molecule has 4 amide bonds. The minimum Gasteiger partial charge on any atom is -0.489 e. The second-order valence-corrected chi connectivity index (χ2v) is 7.09. The summed E-state index contributed by atoms with van der Waals surface area (Å²) in [5.74, 6) is -0.938. The van der Waals surface area contributed by atoms with Crippen LogP contribution in [0.25, 0.3) is 16.8 Å². The van der Waals surface area contributed by atoms with Crippen molar-refractivity contribution in [3.05, 3.63) is 90.0 Å². The second-order valence-electron chi connectivity index (χ2n) is 7.09. The Balaban J connectivity index is 1.85. The van der Waals surface area contributed by atoms with Gasteiger partial charge >= 0.3 is 6.03 Å². The van der Waals surface area contributed by atoms with Crippen LogP contribution in [0.2, 0.25) is 0 Å². The van der Waals surface area contributed by atoms with Gasteiger partial charge in [-0.25, -0.2) is 9.69 Å². The molecule has 154 valence electrons. The van der Waals surface area contributed by atoms with E-state index in [0.717, 1.165) is 21.2 Å². The summed E-state index contributed by atoms with van der Waals surface area (Å²) in [7, 11) is 0. The van der Waals surface area contributed by atoms with Crippen molar-refractivity contribution < 1.29 is 19.1 Å². The number of amides is 4. The number of nitrogens with one attached hydrogen (secondary N) is 1. The predicted molar refractivity (Wildman–Crippen MR) is 120 cm³/mol. The molecule has 3 aromatic carbocycles. The molecule has 0 saturated carbocycles. The van der Waals surface area contributed by atoms with Crippen LogP contribution in [-0.2, 0) is 9.59 Å². The molecule has 1 heterocycles. The first kappa shape index (κ1) is 20.1. The van der Waals surface area contributed by atoms with Gasteiger partial charge in [-0.15, -0.1) is 0 Å². The van der Waals surface area contributed by atoms with Crippen LogP contribution in [0.1, 0.15) is 11.1 Å². The van der Waals surface area contributed by atoms with E-state index in [4.69, 9.17) is 4.74 Å². The highest BCUT2D eigenvalue weighted by atomic mass is 16.5. The smallest absolute Gasteiger partial charge is 0.335 e. The van der Waals surface area contributed by atoms with Crippen molar-refractivity contribution >= 4 is 40.4 Å². The normalized spacial score (nSPS) is 15.3. The fraction of sp³-hybridized carbons (Fsp3) is 0.0800. The Kier molecular flexibility index (Phi) is 5.37. The highest BCUT2D eigenvalue weighted by Crippen LogP contribution is 2.32. The van der Waals surface area contributed by atoms with E-state index in [9.17, 15) is 14.4 Å². The second kappa shape index (κ2) is 8.28. The molecule has 1 saturated heterocycles. The molecule has 0 aromatic heterocycles. The average molecular weight is 412 g/mol. The van der Waals surface area contributed by atoms with Gasteiger partial charge in [0.2, 0.25) is 0 Å². The molecule has 0 unspecified atom stereocenters. The first-order valence-corrected chi connectivity index (χ1v) is 9.73. The number of benzene rings is 3.